The molecule has 1 unspecified atom stereocenters. The number of hydrogen-bond acceptors (Lipinski definition) is 3. The maximum atomic E-state index is 4.37. The Labute approximate surface area is 123 Å². The molecule has 0 radical (unpaired) electrons. The first-order valence-electron chi connectivity index (χ1n) is 6.83. The maximum absolute atomic E-state index is 4.37. The highest BCUT2D eigenvalue weighted by Crippen LogP contribution is 2.28. The lowest BCUT2D eigenvalue weighted by molar-refractivity contribution is 0.600. The Morgan fingerprint density at radius 1 is 1.15 bits per heavy atom. The van der Waals surface area contributed by atoms with Gasteiger partial charge in [-0.15, -0.1) is 11.3 Å². The number of likely N-dealkylation sites (N-methyl/N-ethyl adjacent to an activating group) is 1. The molecule has 0 fully saturated rings. The number of hydrogen-bond donors (Lipinski definition) is 1. The topological polar surface area (TPSA) is 24.9 Å². The maximum Gasteiger partial charge on any atom is 0.0798 e. The molecule has 102 valence electrons. The second kappa shape index (κ2) is 5.73. The van der Waals surface area contributed by atoms with E-state index in [4.69, 9.17) is 0 Å². The monoisotopic (exact) mass is 282 g/mol. The van der Waals surface area contributed by atoms with E-state index in [1.807, 2.05) is 12.6 Å². The zero-order valence-electron chi connectivity index (χ0n) is 11.8. The summed E-state index contributed by atoms with van der Waals surface area (Å²) in [4.78, 5) is 5.70. The third kappa shape index (κ3) is 2.47. The predicted molar refractivity (Wildman–Crippen MR) is 86.3 cm³/mol. The highest BCUT2D eigenvalue weighted by molar-refractivity contribution is 7.09. The molecule has 0 saturated heterocycles. The minimum atomic E-state index is 0.327. The van der Waals surface area contributed by atoms with Gasteiger partial charge in [-0.25, -0.2) is 4.98 Å². The number of fused-ring (bicyclic) bond motifs is 1. The van der Waals surface area contributed by atoms with Crippen LogP contribution in [0.5, 0.6) is 0 Å². The minimum absolute atomic E-state index is 0.327. The summed E-state index contributed by atoms with van der Waals surface area (Å²) in [6.45, 7) is 2.08. The SMILES string of the molecule is CNC(Cc1cccc2ccccc12)c1scnc1C. The molecule has 0 aliphatic rings. The summed E-state index contributed by atoms with van der Waals surface area (Å²) in [5.74, 6) is 0. The van der Waals surface area contributed by atoms with Crippen LogP contribution in [0.15, 0.2) is 48.0 Å². The Bertz CT molecular complexity index is 712. The standard InChI is InChI=1S/C17H18N2S/c1-12-17(20-11-19-12)16(18-2)10-14-8-5-7-13-6-3-4-9-15(13)14/h3-9,11,16,18H,10H2,1-2H3. The first-order valence-corrected chi connectivity index (χ1v) is 7.71. The zero-order chi connectivity index (χ0) is 13.9. The molecule has 0 saturated carbocycles. The lowest BCUT2D eigenvalue weighted by Crippen LogP contribution is -2.18. The summed E-state index contributed by atoms with van der Waals surface area (Å²) in [7, 11) is 2.02. The molecule has 0 aliphatic heterocycles. The number of aryl methyl sites for hydroxylation is 1. The molecule has 3 aromatic rings. The lowest BCUT2D eigenvalue weighted by Gasteiger charge is -2.16. The number of nitrogens with one attached hydrogen (secondary N) is 1. The molecule has 20 heavy (non-hydrogen) atoms. The van der Waals surface area contributed by atoms with E-state index < -0.39 is 0 Å². The van der Waals surface area contributed by atoms with Crippen LogP contribution >= 0.6 is 11.3 Å². The smallest absolute Gasteiger partial charge is 0.0798 e. The summed E-state index contributed by atoms with van der Waals surface area (Å²) in [6, 6.07) is 15.4. The summed E-state index contributed by atoms with van der Waals surface area (Å²) in [5, 5.41) is 6.08. The van der Waals surface area contributed by atoms with Crippen molar-refractivity contribution in [2.75, 3.05) is 7.05 Å². The molecule has 0 amide bonds. The van der Waals surface area contributed by atoms with Crippen LogP contribution in [0, 0.1) is 6.92 Å². The number of nitrogens with zero attached hydrogens (tertiary/aromatic N) is 1. The van der Waals surface area contributed by atoms with Gasteiger partial charge >= 0.3 is 0 Å². The Morgan fingerprint density at radius 3 is 2.70 bits per heavy atom. The fourth-order valence-electron chi connectivity index (χ4n) is 2.66. The molecule has 1 atom stereocenters. The molecule has 2 nitrogen and oxygen atoms in total. The number of thiazole rings is 1. The lowest BCUT2D eigenvalue weighted by atomic mass is 9.98. The molecule has 1 N–H and O–H groups in total. The normalized spacial score (nSPS) is 12.7. The fraction of sp³-hybridized carbons (Fsp3) is 0.235. The average Bonchev–Trinajstić information content (AvgIpc) is 2.91. The van der Waals surface area contributed by atoms with E-state index in [-0.39, 0.29) is 0 Å². The highest BCUT2D eigenvalue weighted by Gasteiger charge is 2.15. The van der Waals surface area contributed by atoms with Crippen molar-refractivity contribution in [2.45, 2.75) is 19.4 Å². The van der Waals surface area contributed by atoms with Gasteiger partial charge in [-0.3, -0.25) is 0 Å². The predicted octanol–water partition coefficient (Wildman–Crippen LogP) is 4.11. The van der Waals surface area contributed by atoms with Crippen LogP contribution < -0.4 is 5.32 Å². The van der Waals surface area contributed by atoms with E-state index in [0.717, 1.165) is 12.1 Å². The number of benzene rings is 2. The zero-order valence-corrected chi connectivity index (χ0v) is 12.6. The van der Waals surface area contributed by atoms with Gasteiger partial charge in [-0.2, -0.15) is 0 Å². The molecule has 1 heterocycles. The van der Waals surface area contributed by atoms with E-state index in [1.165, 1.54) is 21.2 Å². The van der Waals surface area contributed by atoms with Crippen molar-refractivity contribution < 1.29 is 0 Å². The van der Waals surface area contributed by atoms with Crippen LogP contribution in [0.4, 0.5) is 0 Å². The molecule has 0 aliphatic carbocycles. The largest absolute Gasteiger partial charge is 0.312 e. The van der Waals surface area contributed by atoms with Gasteiger partial charge in [0.1, 0.15) is 0 Å². The van der Waals surface area contributed by atoms with E-state index >= 15 is 0 Å². The van der Waals surface area contributed by atoms with Gasteiger partial charge in [0, 0.05) is 10.9 Å². The quantitative estimate of drug-likeness (QED) is 0.779. The third-order valence-corrected chi connectivity index (χ3v) is 4.80. The fourth-order valence-corrected chi connectivity index (χ4v) is 3.57. The van der Waals surface area contributed by atoms with Crippen molar-refractivity contribution in [1.29, 1.82) is 0 Å². The molecule has 3 rings (SSSR count). The second-order valence-electron chi connectivity index (χ2n) is 4.99. The molecule has 0 spiro atoms. The summed E-state index contributed by atoms with van der Waals surface area (Å²) < 4.78 is 0. The first kappa shape index (κ1) is 13.3. The Hall–Kier alpha value is -1.71. The molecular weight excluding hydrogens is 264 g/mol. The molecule has 1 aromatic heterocycles. The Balaban J connectivity index is 1.98. The van der Waals surface area contributed by atoms with Crippen LogP contribution in [0.1, 0.15) is 22.2 Å². The van der Waals surface area contributed by atoms with Crippen molar-refractivity contribution in [3.8, 4) is 0 Å². The number of aromatic nitrogens is 1. The molecule has 0 bridgehead atoms. The number of rotatable bonds is 4. The molecule has 2 aromatic carbocycles. The third-order valence-electron chi connectivity index (χ3n) is 3.75. The van der Waals surface area contributed by atoms with Crippen LogP contribution in [0.25, 0.3) is 10.8 Å². The second-order valence-corrected chi connectivity index (χ2v) is 5.87. The summed E-state index contributed by atoms with van der Waals surface area (Å²) in [6.07, 6.45) is 0.987. The van der Waals surface area contributed by atoms with Crippen LogP contribution in [-0.4, -0.2) is 12.0 Å². The van der Waals surface area contributed by atoms with Crippen molar-refractivity contribution in [3.63, 3.8) is 0 Å². The van der Waals surface area contributed by atoms with Gasteiger partial charge in [-0.1, -0.05) is 42.5 Å². The van der Waals surface area contributed by atoms with Crippen LogP contribution in [-0.2, 0) is 6.42 Å². The van der Waals surface area contributed by atoms with Crippen molar-refractivity contribution in [3.05, 3.63) is 64.1 Å². The van der Waals surface area contributed by atoms with Crippen LogP contribution in [0.2, 0.25) is 0 Å². The van der Waals surface area contributed by atoms with Gasteiger partial charge in [0.15, 0.2) is 0 Å². The van der Waals surface area contributed by atoms with Gasteiger partial charge in [-0.05, 0) is 36.7 Å². The van der Waals surface area contributed by atoms with Gasteiger partial charge in [0.2, 0.25) is 0 Å². The Kier molecular flexibility index (Phi) is 3.81. The summed E-state index contributed by atoms with van der Waals surface area (Å²) in [5.41, 5.74) is 4.45. The van der Waals surface area contributed by atoms with Crippen molar-refractivity contribution in [1.82, 2.24) is 10.3 Å². The minimum Gasteiger partial charge on any atom is -0.312 e. The van der Waals surface area contributed by atoms with E-state index in [1.54, 1.807) is 11.3 Å². The van der Waals surface area contributed by atoms with Gasteiger partial charge in [0.25, 0.3) is 0 Å². The average molecular weight is 282 g/mol. The highest BCUT2D eigenvalue weighted by atomic mass is 32.1. The molecule has 3 heteroatoms. The first-order chi connectivity index (χ1) is 9.79. The van der Waals surface area contributed by atoms with Gasteiger partial charge in [0.05, 0.1) is 11.2 Å². The van der Waals surface area contributed by atoms with Gasteiger partial charge < -0.3 is 5.32 Å². The molecular formula is C17H18N2S. The van der Waals surface area contributed by atoms with E-state index in [9.17, 15) is 0 Å². The van der Waals surface area contributed by atoms with Crippen molar-refractivity contribution >= 4 is 22.1 Å². The summed E-state index contributed by atoms with van der Waals surface area (Å²) >= 11 is 1.73. The van der Waals surface area contributed by atoms with E-state index in [2.05, 4.69) is 59.7 Å². The van der Waals surface area contributed by atoms with E-state index in [0.29, 0.717) is 6.04 Å². The Morgan fingerprint density at radius 2 is 1.95 bits per heavy atom. The van der Waals surface area contributed by atoms with Crippen LogP contribution in [0.3, 0.4) is 0 Å². The van der Waals surface area contributed by atoms with Crippen molar-refractivity contribution in [2.24, 2.45) is 0 Å².